The van der Waals surface area contributed by atoms with E-state index in [0.717, 1.165) is 18.8 Å². The smallest absolute Gasteiger partial charge is 0.118 e. The zero-order valence-corrected chi connectivity index (χ0v) is 15.9. The molecule has 2 aliphatic carbocycles. The van der Waals surface area contributed by atoms with E-state index in [1.54, 1.807) is 0 Å². The van der Waals surface area contributed by atoms with E-state index < -0.39 is 0 Å². The molecule has 0 aromatic heterocycles. The SMILES string of the molecule is CCOC1=CC(c2ccccc2)(N(CC)CC)C(C2=CCCCC2)=C1. The molecule has 0 N–H and O–H groups in total. The van der Waals surface area contributed by atoms with Crippen molar-refractivity contribution < 1.29 is 4.74 Å². The molecule has 0 amide bonds. The maximum absolute atomic E-state index is 5.97. The Bertz CT molecular complexity index is 667. The van der Waals surface area contributed by atoms with E-state index in [2.05, 4.69) is 74.2 Å². The van der Waals surface area contributed by atoms with Crippen LogP contribution in [0.15, 0.2) is 65.5 Å². The number of nitrogens with zero attached hydrogens (tertiary/aromatic N) is 1. The van der Waals surface area contributed by atoms with Crippen molar-refractivity contribution in [3.05, 3.63) is 71.0 Å². The van der Waals surface area contributed by atoms with Gasteiger partial charge < -0.3 is 4.74 Å². The number of hydrogen-bond acceptors (Lipinski definition) is 2. The van der Waals surface area contributed by atoms with Crippen LogP contribution in [0.5, 0.6) is 0 Å². The summed E-state index contributed by atoms with van der Waals surface area (Å²) in [5, 5.41) is 0. The van der Waals surface area contributed by atoms with Crippen molar-refractivity contribution in [3.8, 4) is 0 Å². The van der Waals surface area contributed by atoms with Crippen LogP contribution in [-0.4, -0.2) is 24.6 Å². The first-order chi connectivity index (χ1) is 12.3. The summed E-state index contributed by atoms with van der Waals surface area (Å²) in [7, 11) is 0. The van der Waals surface area contributed by atoms with Crippen LogP contribution in [0.25, 0.3) is 0 Å². The summed E-state index contributed by atoms with van der Waals surface area (Å²) in [6.07, 6.45) is 12.1. The molecule has 1 atom stereocenters. The highest BCUT2D eigenvalue weighted by Crippen LogP contribution is 2.48. The fourth-order valence-corrected chi connectivity index (χ4v) is 4.35. The second kappa shape index (κ2) is 8.05. The number of benzene rings is 1. The van der Waals surface area contributed by atoms with Crippen molar-refractivity contribution in [2.45, 2.75) is 52.0 Å². The predicted molar refractivity (Wildman–Crippen MR) is 105 cm³/mol. The second-order valence-electron chi connectivity index (χ2n) is 6.82. The first kappa shape index (κ1) is 18.0. The van der Waals surface area contributed by atoms with E-state index in [4.69, 9.17) is 4.74 Å². The third kappa shape index (κ3) is 3.32. The Labute approximate surface area is 152 Å². The van der Waals surface area contributed by atoms with Gasteiger partial charge in [-0.3, -0.25) is 4.90 Å². The van der Waals surface area contributed by atoms with Crippen LogP contribution >= 0.6 is 0 Å². The maximum Gasteiger partial charge on any atom is 0.118 e. The van der Waals surface area contributed by atoms with Gasteiger partial charge in [-0.2, -0.15) is 0 Å². The van der Waals surface area contributed by atoms with Gasteiger partial charge in [0.05, 0.1) is 12.1 Å². The van der Waals surface area contributed by atoms with Gasteiger partial charge in [-0.1, -0.05) is 50.3 Å². The molecule has 0 saturated heterocycles. The highest BCUT2D eigenvalue weighted by Gasteiger charge is 2.44. The molecule has 1 aromatic rings. The van der Waals surface area contributed by atoms with E-state index in [1.807, 2.05) is 0 Å². The summed E-state index contributed by atoms with van der Waals surface area (Å²) in [6.45, 7) is 9.30. The summed E-state index contributed by atoms with van der Waals surface area (Å²) in [5.41, 5.74) is 4.06. The van der Waals surface area contributed by atoms with E-state index in [1.165, 1.54) is 42.4 Å². The molecule has 0 heterocycles. The molecule has 0 radical (unpaired) electrons. The molecule has 3 rings (SSSR count). The van der Waals surface area contributed by atoms with E-state index in [-0.39, 0.29) is 5.54 Å². The minimum Gasteiger partial charge on any atom is -0.494 e. The summed E-state index contributed by atoms with van der Waals surface area (Å²) < 4.78 is 5.97. The van der Waals surface area contributed by atoms with Crippen LogP contribution in [0.4, 0.5) is 0 Å². The summed E-state index contributed by atoms with van der Waals surface area (Å²) in [5.74, 6) is 1.01. The van der Waals surface area contributed by atoms with Crippen LogP contribution < -0.4 is 0 Å². The molecule has 1 unspecified atom stereocenters. The lowest BCUT2D eigenvalue weighted by atomic mass is 9.77. The number of ether oxygens (including phenoxy) is 1. The molecule has 25 heavy (non-hydrogen) atoms. The molecular weight excluding hydrogens is 306 g/mol. The van der Waals surface area contributed by atoms with Gasteiger partial charge in [-0.05, 0) is 74.6 Å². The fourth-order valence-electron chi connectivity index (χ4n) is 4.35. The van der Waals surface area contributed by atoms with Crippen molar-refractivity contribution >= 4 is 0 Å². The van der Waals surface area contributed by atoms with Gasteiger partial charge in [0.1, 0.15) is 5.76 Å². The van der Waals surface area contributed by atoms with Gasteiger partial charge in [0.2, 0.25) is 0 Å². The molecule has 1 aromatic carbocycles. The van der Waals surface area contributed by atoms with Crippen molar-refractivity contribution in [1.82, 2.24) is 4.90 Å². The molecular formula is C23H31NO. The van der Waals surface area contributed by atoms with E-state index >= 15 is 0 Å². The minimum atomic E-state index is -0.210. The Morgan fingerprint density at radius 1 is 1.04 bits per heavy atom. The highest BCUT2D eigenvalue weighted by molar-refractivity contribution is 5.57. The molecule has 0 bridgehead atoms. The fraction of sp³-hybridized carbons (Fsp3) is 0.478. The van der Waals surface area contributed by atoms with Crippen LogP contribution in [-0.2, 0) is 10.3 Å². The molecule has 0 fully saturated rings. The van der Waals surface area contributed by atoms with Gasteiger partial charge in [0.25, 0.3) is 0 Å². The number of hydrogen-bond donors (Lipinski definition) is 0. The number of rotatable bonds is 7. The first-order valence-electron chi connectivity index (χ1n) is 9.84. The molecule has 2 heteroatoms. The molecule has 134 valence electrons. The van der Waals surface area contributed by atoms with Crippen molar-refractivity contribution in [2.24, 2.45) is 0 Å². The summed E-state index contributed by atoms with van der Waals surface area (Å²) in [4.78, 5) is 2.57. The molecule has 2 aliphatic rings. The van der Waals surface area contributed by atoms with Gasteiger partial charge >= 0.3 is 0 Å². The first-order valence-corrected chi connectivity index (χ1v) is 9.84. The minimum absolute atomic E-state index is 0.210. The van der Waals surface area contributed by atoms with Crippen molar-refractivity contribution in [1.29, 1.82) is 0 Å². The molecule has 2 nitrogen and oxygen atoms in total. The average molecular weight is 338 g/mol. The van der Waals surface area contributed by atoms with Gasteiger partial charge in [0.15, 0.2) is 0 Å². The lowest BCUT2D eigenvalue weighted by molar-refractivity contribution is 0.177. The second-order valence-corrected chi connectivity index (χ2v) is 6.82. The summed E-state index contributed by atoms with van der Waals surface area (Å²) in [6, 6.07) is 10.9. The molecule has 0 spiro atoms. The van der Waals surface area contributed by atoms with Crippen LogP contribution in [0.3, 0.4) is 0 Å². The predicted octanol–water partition coefficient (Wildman–Crippen LogP) is 5.58. The topological polar surface area (TPSA) is 12.5 Å². The largest absolute Gasteiger partial charge is 0.494 e. The lowest BCUT2D eigenvalue weighted by Crippen LogP contribution is -2.45. The normalized spacial score (nSPS) is 23.3. The lowest BCUT2D eigenvalue weighted by Gasteiger charge is -2.43. The van der Waals surface area contributed by atoms with Gasteiger partial charge in [-0.25, -0.2) is 0 Å². The monoisotopic (exact) mass is 337 g/mol. The third-order valence-electron chi connectivity index (χ3n) is 5.47. The highest BCUT2D eigenvalue weighted by atomic mass is 16.5. The zero-order valence-electron chi connectivity index (χ0n) is 15.9. The van der Waals surface area contributed by atoms with Crippen LogP contribution in [0.1, 0.15) is 52.0 Å². The molecule has 0 aliphatic heterocycles. The summed E-state index contributed by atoms with van der Waals surface area (Å²) >= 11 is 0. The molecule has 0 saturated carbocycles. The van der Waals surface area contributed by atoms with Crippen molar-refractivity contribution in [2.75, 3.05) is 19.7 Å². The Morgan fingerprint density at radius 2 is 1.80 bits per heavy atom. The third-order valence-corrected chi connectivity index (χ3v) is 5.47. The Balaban J connectivity index is 2.18. The van der Waals surface area contributed by atoms with Crippen LogP contribution in [0.2, 0.25) is 0 Å². The van der Waals surface area contributed by atoms with Gasteiger partial charge in [-0.15, -0.1) is 0 Å². The zero-order chi connectivity index (χ0) is 17.7. The van der Waals surface area contributed by atoms with Crippen molar-refractivity contribution in [3.63, 3.8) is 0 Å². The van der Waals surface area contributed by atoms with E-state index in [0.29, 0.717) is 6.61 Å². The Morgan fingerprint density at radius 3 is 2.40 bits per heavy atom. The Hall–Kier alpha value is -1.80. The number of likely N-dealkylation sites (N-methyl/N-ethyl adjacent to an activating group) is 1. The van der Waals surface area contributed by atoms with E-state index in [9.17, 15) is 0 Å². The van der Waals surface area contributed by atoms with Crippen LogP contribution in [0, 0.1) is 0 Å². The quantitative estimate of drug-likeness (QED) is 0.643. The Kier molecular flexibility index (Phi) is 5.80. The van der Waals surface area contributed by atoms with Gasteiger partial charge in [0, 0.05) is 0 Å². The number of allylic oxidation sites excluding steroid dienone is 2. The standard InChI is InChI=1S/C23H31NO/c1-4-24(5-2)23(20-15-11-8-12-16-20)18-21(25-6-3)17-22(23)19-13-9-7-10-14-19/h8,11-13,15-18H,4-7,9-10,14H2,1-3H3. The average Bonchev–Trinajstić information content (AvgIpc) is 3.05. The maximum atomic E-state index is 5.97.